The van der Waals surface area contributed by atoms with Crippen molar-refractivity contribution in [3.05, 3.63) is 39.6 Å². The summed E-state index contributed by atoms with van der Waals surface area (Å²) in [6, 6.07) is 5.63. The second-order valence-electron chi connectivity index (χ2n) is 3.85. The van der Waals surface area contributed by atoms with Gasteiger partial charge in [-0.05, 0) is 41.1 Å². The average Bonchev–Trinajstić information content (AvgIpc) is 2.81. The standard InChI is InChI=1S/C12H13BrClN3O/c1-7(10-3-4-15-17-10)16-11-6-8(14)5-9(13)12(11)18-2/h3-7,16H,1-2H3,(H,15,17). The van der Waals surface area contributed by atoms with Gasteiger partial charge in [0, 0.05) is 11.2 Å². The number of hydrogen-bond acceptors (Lipinski definition) is 3. The average molecular weight is 331 g/mol. The number of methoxy groups -OCH3 is 1. The van der Waals surface area contributed by atoms with E-state index in [9.17, 15) is 0 Å². The molecule has 0 spiro atoms. The van der Waals surface area contributed by atoms with Gasteiger partial charge >= 0.3 is 0 Å². The van der Waals surface area contributed by atoms with Crippen LogP contribution in [0.1, 0.15) is 18.7 Å². The summed E-state index contributed by atoms with van der Waals surface area (Å²) >= 11 is 9.47. The van der Waals surface area contributed by atoms with Gasteiger partial charge in [0.15, 0.2) is 5.75 Å². The first-order chi connectivity index (χ1) is 8.61. The molecule has 96 valence electrons. The number of H-pyrrole nitrogens is 1. The molecule has 0 aliphatic carbocycles. The molecule has 0 aliphatic rings. The molecule has 1 atom stereocenters. The van der Waals surface area contributed by atoms with Crippen molar-refractivity contribution in [2.24, 2.45) is 0 Å². The lowest BCUT2D eigenvalue weighted by atomic mass is 10.2. The van der Waals surface area contributed by atoms with Crippen molar-refractivity contribution in [2.45, 2.75) is 13.0 Å². The summed E-state index contributed by atoms with van der Waals surface area (Å²) in [4.78, 5) is 0. The molecule has 2 N–H and O–H groups in total. The van der Waals surface area contributed by atoms with Crippen LogP contribution in [0.25, 0.3) is 0 Å². The number of ether oxygens (including phenoxy) is 1. The minimum Gasteiger partial charge on any atom is -0.493 e. The highest BCUT2D eigenvalue weighted by Gasteiger charge is 2.13. The van der Waals surface area contributed by atoms with E-state index in [2.05, 4.69) is 31.4 Å². The summed E-state index contributed by atoms with van der Waals surface area (Å²) in [7, 11) is 1.63. The van der Waals surface area contributed by atoms with Crippen molar-refractivity contribution in [1.82, 2.24) is 10.2 Å². The van der Waals surface area contributed by atoms with Gasteiger partial charge in [0.05, 0.1) is 29.0 Å². The number of nitrogens with one attached hydrogen (secondary N) is 2. The van der Waals surface area contributed by atoms with Gasteiger partial charge in [-0.2, -0.15) is 5.10 Å². The van der Waals surface area contributed by atoms with Gasteiger partial charge in [-0.1, -0.05) is 11.6 Å². The van der Waals surface area contributed by atoms with Crippen molar-refractivity contribution in [2.75, 3.05) is 12.4 Å². The lowest BCUT2D eigenvalue weighted by Crippen LogP contribution is -2.08. The van der Waals surface area contributed by atoms with Crippen LogP contribution in [-0.2, 0) is 0 Å². The molecule has 1 heterocycles. The Morgan fingerprint density at radius 3 is 2.89 bits per heavy atom. The number of aromatic nitrogens is 2. The van der Waals surface area contributed by atoms with E-state index in [1.165, 1.54) is 0 Å². The predicted octanol–water partition coefficient (Wildman–Crippen LogP) is 4.01. The minimum atomic E-state index is 0.0757. The van der Waals surface area contributed by atoms with Gasteiger partial charge in [-0.25, -0.2) is 0 Å². The van der Waals surface area contributed by atoms with Crippen molar-refractivity contribution in [3.63, 3.8) is 0 Å². The smallest absolute Gasteiger partial charge is 0.156 e. The van der Waals surface area contributed by atoms with E-state index < -0.39 is 0 Å². The summed E-state index contributed by atoms with van der Waals surface area (Å²) in [5, 5.41) is 10.8. The molecule has 0 bridgehead atoms. The van der Waals surface area contributed by atoms with Gasteiger partial charge in [-0.15, -0.1) is 0 Å². The Morgan fingerprint density at radius 1 is 1.50 bits per heavy atom. The Hall–Kier alpha value is -1.20. The molecule has 0 radical (unpaired) electrons. The van der Waals surface area contributed by atoms with Crippen LogP contribution >= 0.6 is 27.5 Å². The monoisotopic (exact) mass is 329 g/mol. The van der Waals surface area contributed by atoms with Crippen LogP contribution in [0, 0.1) is 0 Å². The molecular weight excluding hydrogens is 318 g/mol. The summed E-state index contributed by atoms with van der Waals surface area (Å²) < 4.78 is 6.17. The Bertz CT molecular complexity index is 530. The molecule has 0 saturated heterocycles. The predicted molar refractivity (Wildman–Crippen MR) is 76.3 cm³/mol. The molecule has 1 aromatic heterocycles. The molecule has 4 nitrogen and oxygen atoms in total. The molecule has 0 fully saturated rings. The summed E-state index contributed by atoms with van der Waals surface area (Å²) in [6.45, 7) is 2.03. The molecule has 1 aromatic carbocycles. The Balaban J connectivity index is 2.28. The summed E-state index contributed by atoms with van der Waals surface area (Å²) in [6.07, 6.45) is 1.72. The fraction of sp³-hybridized carbons (Fsp3) is 0.250. The summed E-state index contributed by atoms with van der Waals surface area (Å²) in [5.74, 6) is 0.728. The van der Waals surface area contributed by atoms with Crippen LogP contribution < -0.4 is 10.1 Å². The first-order valence-electron chi connectivity index (χ1n) is 5.40. The number of rotatable bonds is 4. The quantitative estimate of drug-likeness (QED) is 0.890. The highest BCUT2D eigenvalue weighted by atomic mass is 79.9. The number of nitrogens with zero attached hydrogens (tertiary/aromatic N) is 1. The van der Waals surface area contributed by atoms with Gasteiger partial charge in [-0.3, -0.25) is 5.10 Å². The second-order valence-corrected chi connectivity index (χ2v) is 5.14. The lowest BCUT2D eigenvalue weighted by Gasteiger charge is -2.17. The Kier molecular flexibility index (Phi) is 4.14. The highest BCUT2D eigenvalue weighted by molar-refractivity contribution is 9.10. The van der Waals surface area contributed by atoms with Crippen LogP contribution in [0.3, 0.4) is 0 Å². The molecule has 2 aromatic rings. The number of hydrogen-bond donors (Lipinski definition) is 2. The topological polar surface area (TPSA) is 49.9 Å². The summed E-state index contributed by atoms with van der Waals surface area (Å²) in [5.41, 5.74) is 1.83. The molecule has 1 unspecified atom stereocenters. The van der Waals surface area contributed by atoms with Gasteiger partial charge < -0.3 is 10.1 Å². The van der Waals surface area contributed by atoms with E-state index in [-0.39, 0.29) is 6.04 Å². The lowest BCUT2D eigenvalue weighted by molar-refractivity contribution is 0.413. The van der Waals surface area contributed by atoms with Crippen LogP contribution in [-0.4, -0.2) is 17.3 Å². The first kappa shape index (κ1) is 13.2. The number of benzene rings is 1. The Morgan fingerprint density at radius 2 is 2.28 bits per heavy atom. The Labute approximate surface area is 119 Å². The van der Waals surface area contributed by atoms with Crippen molar-refractivity contribution >= 4 is 33.2 Å². The molecule has 18 heavy (non-hydrogen) atoms. The maximum atomic E-state index is 6.04. The fourth-order valence-corrected chi connectivity index (χ4v) is 2.67. The number of anilines is 1. The number of aromatic amines is 1. The van der Waals surface area contributed by atoms with Gasteiger partial charge in [0.2, 0.25) is 0 Å². The zero-order valence-electron chi connectivity index (χ0n) is 10.00. The van der Waals surface area contributed by atoms with E-state index in [0.29, 0.717) is 5.02 Å². The van der Waals surface area contributed by atoms with Crippen LogP contribution in [0.4, 0.5) is 5.69 Å². The third kappa shape index (κ3) is 2.79. The third-order valence-corrected chi connectivity index (χ3v) is 3.38. The van der Waals surface area contributed by atoms with Crippen molar-refractivity contribution in [1.29, 1.82) is 0 Å². The second kappa shape index (κ2) is 5.63. The van der Waals surface area contributed by atoms with Gasteiger partial charge in [0.1, 0.15) is 0 Å². The molecule has 0 amide bonds. The largest absolute Gasteiger partial charge is 0.493 e. The SMILES string of the molecule is COc1c(Br)cc(Cl)cc1NC(C)c1ccn[nH]1. The normalized spacial score (nSPS) is 12.2. The highest BCUT2D eigenvalue weighted by Crippen LogP contribution is 2.37. The molecular formula is C12H13BrClN3O. The maximum Gasteiger partial charge on any atom is 0.156 e. The first-order valence-corrected chi connectivity index (χ1v) is 6.57. The third-order valence-electron chi connectivity index (χ3n) is 2.57. The zero-order chi connectivity index (χ0) is 13.1. The molecule has 0 aliphatic heterocycles. The zero-order valence-corrected chi connectivity index (χ0v) is 12.3. The number of halogens is 2. The van der Waals surface area contributed by atoms with Crippen LogP contribution in [0.2, 0.25) is 5.02 Å². The molecule has 6 heteroatoms. The van der Waals surface area contributed by atoms with Crippen LogP contribution in [0.15, 0.2) is 28.9 Å². The van der Waals surface area contributed by atoms with E-state index >= 15 is 0 Å². The van der Waals surface area contributed by atoms with Crippen molar-refractivity contribution < 1.29 is 4.74 Å². The van der Waals surface area contributed by atoms with E-state index in [0.717, 1.165) is 21.6 Å². The minimum absolute atomic E-state index is 0.0757. The molecule has 0 saturated carbocycles. The fourth-order valence-electron chi connectivity index (χ4n) is 1.69. The molecule has 2 rings (SSSR count). The van der Waals surface area contributed by atoms with Gasteiger partial charge in [0.25, 0.3) is 0 Å². The van der Waals surface area contributed by atoms with E-state index in [4.69, 9.17) is 16.3 Å². The van der Waals surface area contributed by atoms with E-state index in [1.54, 1.807) is 19.4 Å². The van der Waals surface area contributed by atoms with Crippen molar-refractivity contribution in [3.8, 4) is 5.75 Å². The van der Waals surface area contributed by atoms with Crippen LogP contribution in [0.5, 0.6) is 5.75 Å². The maximum absolute atomic E-state index is 6.04. The van der Waals surface area contributed by atoms with E-state index in [1.807, 2.05) is 19.1 Å².